The molecule has 5 heteroatoms. The Bertz CT molecular complexity index is 821. The van der Waals surface area contributed by atoms with Crippen LogP contribution in [0.15, 0.2) is 65.1 Å². The number of halogens is 1. The molecule has 3 rings (SSSR count). The number of rotatable bonds is 5. The van der Waals surface area contributed by atoms with E-state index < -0.39 is 0 Å². The predicted molar refractivity (Wildman–Crippen MR) is 103 cm³/mol. The molecule has 1 heterocycles. The van der Waals surface area contributed by atoms with E-state index in [9.17, 15) is 0 Å². The zero-order chi connectivity index (χ0) is 16.9. The summed E-state index contributed by atoms with van der Waals surface area (Å²) in [5.74, 6) is 1.49. The van der Waals surface area contributed by atoms with Crippen LogP contribution in [-0.2, 0) is 6.54 Å². The van der Waals surface area contributed by atoms with Gasteiger partial charge in [-0.05, 0) is 30.7 Å². The summed E-state index contributed by atoms with van der Waals surface area (Å²) in [6.07, 6.45) is 0. The smallest absolute Gasteiger partial charge is 0.229 e. The van der Waals surface area contributed by atoms with Crippen LogP contribution in [0.4, 0.5) is 17.5 Å². The SMILES string of the molecule is Cc1cc(N(C)Cc2ccccc2)nc(Nc2cccc(Br)c2)n1. The number of anilines is 3. The van der Waals surface area contributed by atoms with Crippen LogP contribution >= 0.6 is 15.9 Å². The summed E-state index contributed by atoms with van der Waals surface area (Å²) >= 11 is 3.48. The summed E-state index contributed by atoms with van der Waals surface area (Å²) in [6.45, 7) is 2.78. The molecule has 2 aromatic carbocycles. The quantitative estimate of drug-likeness (QED) is 0.679. The summed E-state index contributed by atoms with van der Waals surface area (Å²) in [4.78, 5) is 11.2. The second-order valence-electron chi connectivity index (χ2n) is 5.67. The van der Waals surface area contributed by atoms with Gasteiger partial charge in [0.2, 0.25) is 5.95 Å². The van der Waals surface area contributed by atoms with E-state index in [1.807, 2.05) is 50.4 Å². The van der Waals surface area contributed by atoms with E-state index in [2.05, 4.69) is 60.4 Å². The molecule has 122 valence electrons. The molecule has 1 N–H and O–H groups in total. The number of hydrogen-bond donors (Lipinski definition) is 1. The van der Waals surface area contributed by atoms with Crippen LogP contribution in [0.5, 0.6) is 0 Å². The lowest BCUT2D eigenvalue weighted by Gasteiger charge is -2.19. The van der Waals surface area contributed by atoms with Crippen LogP contribution in [0.25, 0.3) is 0 Å². The van der Waals surface area contributed by atoms with Crippen LogP contribution < -0.4 is 10.2 Å². The molecule has 0 radical (unpaired) electrons. The molecular weight excluding hydrogens is 364 g/mol. The van der Waals surface area contributed by atoms with Crippen molar-refractivity contribution in [1.29, 1.82) is 0 Å². The third kappa shape index (κ3) is 4.32. The van der Waals surface area contributed by atoms with Gasteiger partial charge in [0.05, 0.1) is 0 Å². The van der Waals surface area contributed by atoms with Crippen LogP contribution in [0, 0.1) is 6.92 Å². The van der Waals surface area contributed by atoms with Crippen molar-refractivity contribution in [2.24, 2.45) is 0 Å². The molecule has 24 heavy (non-hydrogen) atoms. The lowest BCUT2D eigenvalue weighted by atomic mass is 10.2. The Kier molecular flexibility index (Phi) is 5.11. The van der Waals surface area contributed by atoms with Gasteiger partial charge in [-0.15, -0.1) is 0 Å². The van der Waals surface area contributed by atoms with Gasteiger partial charge < -0.3 is 10.2 Å². The van der Waals surface area contributed by atoms with Crippen molar-refractivity contribution in [2.75, 3.05) is 17.3 Å². The molecule has 0 atom stereocenters. The first-order chi connectivity index (χ1) is 11.6. The average Bonchev–Trinajstić information content (AvgIpc) is 2.55. The zero-order valence-corrected chi connectivity index (χ0v) is 15.3. The van der Waals surface area contributed by atoms with Crippen molar-refractivity contribution < 1.29 is 0 Å². The number of hydrogen-bond acceptors (Lipinski definition) is 4. The minimum Gasteiger partial charge on any atom is -0.355 e. The molecule has 0 unspecified atom stereocenters. The molecule has 1 aromatic heterocycles. The maximum Gasteiger partial charge on any atom is 0.229 e. The standard InChI is InChI=1S/C19H19BrN4/c1-14-11-18(24(2)13-15-7-4-3-5-8-15)23-19(21-14)22-17-10-6-9-16(20)12-17/h3-12H,13H2,1-2H3,(H,21,22,23). The van der Waals surface area contributed by atoms with E-state index in [1.165, 1.54) is 5.56 Å². The molecule has 0 amide bonds. The molecule has 0 bridgehead atoms. The van der Waals surface area contributed by atoms with Crippen molar-refractivity contribution in [1.82, 2.24) is 9.97 Å². The third-order valence-corrected chi connectivity index (χ3v) is 4.07. The molecule has 0 aliphatic carbocycles. The molecule has 3 aromatic rings. The Morgan fingerprint density at radius 3 is 2.54 bits per heavy atom. The van der Waals surface area contributed by atoms with Crippen molar-refractivity contribution in [2.45, 2.75) is 13.5 Å². The van der Waals surface area contributed by atoms with Gasteiger partial charge in [-0.2, -0.15) is 4.98 Å². The molecule has 0 spiro atoms. The molecule has 0 fully saturated rings. The Morgan fingerprint density at radius 2 is 1.79 bits per heavy atom. The summed E-state index contributed by atoms with van der Waals surface area (Å²) in [5, 5.41) is 3.27. The number of nitrogens with zero attached hydrogens (tertiary/aromatic N) is 3. The van der Waals surface area contributed by atoms with Crippen molar-refractivity contribution in [3.8, 4) is 0 Å². The fraction of sp³-hybridized carbons (Fsp3) is 0.158. The topological polar surface area (TPSA) is 41.1 Å². The van der Waals surface area contributed by atoms with Gasteiger partial charge in [-0.1, -0.05) is 52.3 Å². The van der Waals surface area contributed by atoms with E-state index in [-0.39, 0.29) is 0 Å². The average molecular weight is 383 g/mol. The minimum absolute atomic E-state index is 0.600. The van der Waals surface area contributed by atoms with E-state index >= 15 is 0 Å². The highest BCUT2D eigenvalue weighted by Crippen LogP contribution is 2.21. The molecule has 0 aliphatic rings. The number of aromatic nitrogens is 2. The van der Waals surface area contributed by atoms with Crippen molar-refractivity contribution in [3.05, 3.63) is 76.4 Å². The van der Waals surface area contributed by atoms with Crippen LogP contribution in [0.3, 0.4) is 0 Å². The normalized spacial score (nSPS) is 10.5. The summed E-state index contributed by atoms with van der Waals surface area (Å²) in [7, 11) is 2.04. The molecule has 0 saturated heterocycles. The van der Waals surface area contributed by atoms with E-state index in [0.29, 0.717) is 5.95 Å². The number of benzene rings is 2. The van der Waals surface area contributed by atoms with Crippen molar-refractivity contribution >= 4 is 33.4 Å². The predicted octanol–water partition coefficient (Wildman–Crippen LogP) is 4.93. The monoisotopic (exact) mass is 382 g/mol. The first kappa shape index (κ1) is 16.5. The highest BCUT2D eigenvalue weighted by Gasteiger charge is 2.08. The minimum atomic E-state index is 0.600. The second-order valence-corrected chi connectivity index (χ2v) is 6.58. The fourth-order valence-electron chi connectivity index (χ4n) is 2.44. The highest BCUT2D eigenvalue weighted by atomic mass is 79.9. The van der Waals surface area contributed by atoms with Gasteiger partial charge >= 0.3 is 0 Å². The Balaban J connectivity index is 1.80. The molecule has 4 nitrogen and oxygen atoms in total. The maximum absolute atomic E-state index is 4.64. The van der Waals surface area contributed by atoms with Crippen molar-refractivity contribution in [3.63, 3.8) is 0 Å². The first-order valence-corrected chi connectivity index (χ1v) is 8.53. The van der Waals surface area contributed by atoms with Gasteiger partial charge in [-0.3, -0.25) is 0 Å². The Hall–Kier alpha value is -2.40. The second kappa shape index (κ2) is 7.45. The van der Waals surface area contributed by atoms with Gasteiger partial charge in [-0.25, -0.2) is 4.98 Å². The van der Waals surface area contributed by atoms with Crippen LogP contribution in [0.1, 0.15) is 11.3 Å². The number of aryl methyl sites for hydroxylation is 1. The number of nitrogens with one attached hydrogen (secondary N) is 1. The van der Waals surface area contributed by atoms with Gasteiger partial charge in [0.15, 0.2) is 0 Å². The highest BCUT2D eigenvalue weighted by molar-refractivity contribution is 9.10. The third-order valence-electron chi connectivity index (χ3n) is 3.58. The van der Waals surface area contributed by atoms with Gasteiger partial charge in [0, 0.05) is 35.5 Å². The van der Waals surface area contributed by atoms with E-state index in [1.54, 1.807) is 0 Å². The Morgan fingerprint density at radius 1 is 1.00 bits per heavy atom. The van der Waals surface area contributed by atoms with E-state index in [0.717, 1.165) is 28.2 Å². The maximum atomic E-state index is 4.64. The summed E-state index contributed by atoms with van der Waals surface area (Å²) in [6, 6.07) is 20.3. The Labute approximate surface area is 150 Å². The van der Waals surface area contributed by atoms with E-state index in [4.69, 9.17) is 0 Å². The zero-order valence-electron chi connectivity index (χ0n) is 13.7. The largest absolute Gasteiger partial charge is 0.355 e. The fourth-order valence-corrected chi connectivity index (χ4v) is 2.84. The lowest BCUT2D eigenvalue weighted by Crippen LogP contribution is -2.18. The lowest BCUT2D eigenvalue weighted by molar-refractivity contribution is 0.888. The van der Waals surface area contributed by atoms with Crippen LogP contribution in [-0.4, -0.2) is 17.0 Å². The molecular formula is C19H19BrN4. The summed E-state index contributed by atoms with van der Waals surface area (Å²) < 4.78 is 1.02. The van der Waals surface area contributed by atoms with Gasteiger partial charge in [0.1, 0.15) is 5.82 Å². The van der Waals surface area contributed by atoms with Crippen LogP contribution in [0.2, 0.25) is 0 Å². The molecule has 0 aliphatic heterocycles. The summed E-state index contributed by atoms with van der Waals surface area (Å²) in [5.41, 5.74) is 3.13. The molecule has 0 saturated carbocycles. The first-order valence-electron chi connectivity index (χ1n) is 7.73. The van der Waals surface area contributed by atoms with Gasteiger partial charge in [0.25, 0.3) is 0 Å².